The van der Waals surface area contributed by atoms with E-state index in [2.05, 4.69) is 5.32 Å². The predicted octanol–water partition coefficient (Wildman–Crippen LogP) is 2.43. The topological polar surface area (TPSA) is 59.3 Å². The molecule has 104 valence electrons. The highest BCUT2D eigenvalue weighted by atomic mass is 32.2. The molecule has 2 rings (SSSR count). The number of fused-ring (bicyclic) bond motifs is 1. The van der Waals surface area contributed by atoms with E-state index in [9.17, 15) is 8.42 Å². The summed E-state index contributed by atoms with van der Waals surface area (Å²) in [7, 11) is -1.39. The first-order valence-electron chi connectivity index (χ1n) is 6.19. The molecule has 5 heteroatoms. The summed E-state index contributed by atoms with van der Waals surface area (Å²) in [4.78, 5) is 0. The normalized spacial score (nSPS) is 15.6. The van der Waals surface area contributed by atoms with Crippen LogP contribution < -0.4 is 5.32 Å². The van der Waals surface area contributed by atoms with Gasteiger partial charge in [0, 0.05) is 11.6 Å². The van der Waals surface area contributed by atoms with Crippen LogP contribution in [0.25, 0.3) is 11.0 Å². The Kier molecular flexibility index (Phi) is 3.69. The number of furan rings is 1. The van der Waals surface area contributed by atoms with Gasteiger partial charge in [-0.05, 0) is 39.1 Å². The molecule has 0 aliphatic heterocycles. The largest absolute Gasteiger partial charge is 0.459 e. The Morgan fingerprint density at radius 2 is 1.95 bits per heavy atom. The molecule has 2 aromatic rings. The molecule has 19 heavy (non-hydrogen) atoms. The molecule has 0 spiro atoms. The smallest absolute Gasteiger partial charge is 0.152 e. The van der Waals surface area contributed by atoms with Crippen molar-refractivity contribution in [2.24, 2.45) is 0 Å². The summed E-state index contributed by atoms with van der Waals surface area (Å²) >= 11 is 0. The molecule has 0 saturated carbocycles. The van der Waals surface area contributed by atoms with Crippen LogP contribution in [0, 0.1) is 6.92 Å². The van der Waals surface area contributed by atoms with Gasteiger partial charge in [0.25, 0.3) is 0 Å². The van der Waals surface area contributed by atoms with Crippen molar-refractivity contribution >= 4 is 20.8 Å². The molecule has 2 atom stereocenters. The Hall–Kier alpha value is -1.33. The van der Waals surface area contributed by atoms with Gasteiger partial charge in [-0.2, -0.15) is 0 Å². The van der Waals surface area contributed by atoms with Crippen LogP contribution in [0.15, 0.2) is 28.7 Å². The van der Waals surface area contributed by atoms with Gasteiger partial charge < -0.3 is 9.73 Å². The Labute approximate surface area is 113 Å². The fourth-order valence-electron chi connectivity index (χ4n) is 2.19. The maximum atomic E-state index is 11.7. The van der Waals surface area contributed by atoms with Crippen molar-refractivity contribution < 1.29 is 12.8 Å². The lowest BCUT2D eigenvalue weighted by Crippen LogP contribution is -2.32. The van der Waals surface area contributed by atoms with Crippen molar-refractivity contribution in [1.29, 1.82) is 0 Å². The van der Waals surface area contributed by atoms with Gasteiger partial charge in [-0.25, -0.2) is 8.42 Å². The molecule has 0 amide bonds. The van der Waals surface area contributed by atoms with Gasteiger partial charge in [-0.3, -0.25) is 0 Å². The number of benzene rings is 1. The van der Waals surface area contributed by atoms with Gasteiger partial charge in [0.2, 0.25) is 0 Å². The van der Waals surface area contributed by atoms with Crippen LogP contribution in [0.5, 0.6) is 0 Å². The van der Waals surface area contributed by atoms with Crippen LogP contribution in [-0.2, 0) is 9.84 Å². The fourth-order valence-corrected chi connectivity index (χ4v) is 2.96. The minimum atomic E-state index is -3.13. The third-order valence-corrected chi connectivity index (χ3v) is 5.08. The van der Waals surface area contributed by atoms with Gasteiger partial charge in [-0.1, -0.05) is 11.6 Å². The second kappa shape index (κ2) is 4.98. The second-order valence-electron chi connectivity index (χ2n) is 4.99. The molecule has 0 saturated heterocycles. The molecule has 0 aliphatic carbocycles. The van der Waals surface area contributed by atoms with Gasteiger partial charge >= 0.3 is 0 Å². The van der Waals surface area contributed by atoms with Crippen LogP contribution in [-0.4, -0.2) is 27.0 Å². The Morgan fingerprint density at radius 1 is 1.26 bits per heavy atom. The van der Waals surface area contributed by atoms with Crippen LogP contribution in [0.1, 0.15) is 24.3 Å². The zero-order chi connectivity index (χ0) is 14.2. The first kappa shape index (κ1) is 14.1. The quantitative estimate of drug-likeness (QED) is 0.935. The molecular weight excluding hydrogens is 262 g/mol. The number of hydrogen-bond acceptors (Lipinski definition) is 4. The standard InChI is InChI=1S/C14H19NO3S/c1-9-5-6-12-11(7-9)8-13(18-12)14(15-3)10(2)19(4,16)17/h5-8,10,14-15H,1-4H3. The first-order valence-corrected chi connectivity index (χ1v) is 8.14. The molecule has 1 aromatic carbocycles. The van der Waals surface area contributed by atoms with Crippen LogP contribution >= 0.6 is 0 Å². The SMILES string of the molecule is CNC(c1cc2cc(C)ccc2o1)C(C)S(C)(=O)=O. The number of hydrogen-bond donors (Lipinski definition) is 1. The molecule has 2 unspecified atom stereocenters. The highest BCUT2D eigenvalue weighted by molar-refractivity contribution is 7.91. The lowest BCUT2D eigenvalue weighted by molar-refractivity contribution is 0.439. The van der Waals surface area contributed by atoms with Crippen molar-refractivity contribution in [3.8, 4) is 0 Å². The lowest BCUT2D eigenvalue weighted by Gasteiger charge is -2.19. The van der Waals surface area contributed by atoms with Crippen molar-refractivity contribution in [3.05, 3.63) is 35.6 Å². The zero-order valence-electron chi connectivity index (χ0n) is 11.6. The number of nitrogens with one attached hydrogen (secondary N) is 1. The van der Waals surface area contributed by atoms with Crippen LogP contribution in [0.4, 0.5) is 0 Å². The van der Waals surface area contributed by atoms with E-state index in [4.69, 9.17) is 4.42 Å². The van der Waals surface area contributed by atoms with Crippen molar-refractivity contribution in [3.63, 3.8) is 0 Å². The average Bonchev–Trinajstić information content (AvgIpc) is 2.71. The van der Waals surface area contributed by atoms with E-state index in [0.29, 0.717) is 5.76 Å². The van der Waals surface area contributed by atoms with Gasteiger partial charge in [0.1, 0.15) is 11.3 Å². The minimum Gasteiger partial charge on any atom is -0.459 e. The third-order valence-electron chi connectivity index (χ3n) is 3.45. The monoisotopic (exact) mass is 281 g/mol. The summed E-state index contributed by atoms with van der Waals surface area (Å²) in [5.41, 5.74) is 1.93. The maximum Gasteiger partial charge on any atom is 0.152 e. The minimum absolute atomic E-state index is 0.345. The molecule has 0 radical (unpaired) electrons. The fraction of sp³-hybridized carbons (Fsp3) is 0.429. The Morgan fingerprint density at radius 3 is 2.53 bits per heavy atom. The summed E-state index contributed by atoms with van der Waals surface area (Å²) in [6.07, 6.45) is 1.24. The average molecular weight is 281 g/mol. The van der Waals surface area contributed by atoms with Crippen molar-refractivity contribution in [1.82, 2.24) is 5.32 Å². The molecule has 4 nitrogen and oxygen atoms in total. The highest BCUT2D eigenvalue weighted by Gasteiger charge is 2.28. The Bertz CT molecular complexity index is 688. The number of rotatable bonds is 4. The lowest BCUT2D eigenvalue weighted by atomic mass is 10.1. The summed E-state index contributed by atoms with van der Waals surface area (Å²) < 4.78 is 29.2. The van der Waals surface area contributed by atoms with E-state index in [1.54, 1.807) is 14.0 Å². The number of sulfone groups is 1. The molecule has 0 aliphatic rings. The van der Waals surface area contributed by atoms with Crippen LogP contribution in [0.3, 0.4) is 0 Å². The third kappa shape index (κ3) is 2.82. The van der Waals surface area contributed by atoms with Gasteiger partial charge in [-0.15, -0.1) is 0 Å². The molecule has 0 fully saturated rings. The summed E-state index contributed by atoms with van der Waals surface area (Å²) in [6, 6.07) is 7.48. The highest BCUT2D eigenvalue weighted by Crippen LogP contribution is 2.28. The van der Waals surface area contributed by atoms with Crippen molar-refractivity contribution in [2.45, 2.75) is 25.1 Å². The van der Waals surface area contributed by atoms with E-state index < -0.39 is 15.1 Å². The van der Waals surface area contributed by atoms with Gasteiger partial charge in [0.05, 0.1) is 11.3 Å². The Balaban J connectivity index is 2.47. The molecule has 1 heterocycles. The van der Waals surface area contributed by atoms with Crippen LogP contribution in [0.2, 0.25) is 0 Å². The summed E-state index contributed by atoms with van der Waals surface area (Å²) in [5.74, 6) is 0.654. The maximum absolute atomic E-state index is 11.7. The van der Waals surface area contributed by atoms with E-state index in [-0.39, 0.29) is 6.04 Å². The molecule has 0 bridgehead atoms. The molecular formula is C14H19NO3S. The second-order valence-corrected chi connectivity index (χ2v) is 7.39. The number of aryl methyl sites for hydroxylation is 1. The molecule has 1 N–H and O–H groups in total. The summed E-state index contributed by atoms with van der Waals surface area (Å²) in [6.45, 7) is 3.70. The van der Waals surface area contributed by atoms with E-state index >= 15 is 0 Å². The first-order chi connectivity index (χ1) is 8.82. The zero-order valence-corrected chi connectivity index (χ0v) is 12.4. The predicted molar refractivity (Wildman–Crippen MR) is 77.1 cm³/mol. The van der Waals surface area contributed by atoms with E-state index in [1.807, 2.05) is 31.2 Å². The van der Waals surface area contributed by atoms with Crippen molar-refractivity contribution in [2.75, 3.05) is 13.3 Å². The van der Waals surface area contributed by atoms with Gasteiger partial charge in [0.15, 0.2) is 9.84 Å². The van der Waals surface area contributed by atoms with E-state index in [1.165, 1.54) is 6.26 Å². The summed E-state index contributed by atoms with van der Waals surface area (Å²) in [5, 5.41) is 3.48. The molecule has 1 aromatic heterocycles. The van der Waals surface area contributed by atoms with E-state index in [0.717, 1.165) is 16.5 Å².